The van der Waals surface area contributed by atoms with Crippen molar-refractivity contribution in [2.45, 2.75) is 26.3 Å². The van der Waals surface area contributed by atoms with Crippen LogP contribution in [0, 0.1) is 5.92 Å². The molecule has 1 aliphatic rings. The molecule has 1 saturated heterocycles. The molecule has 1 aliphatic heterocycles. The Balaban J connectivity index is 2.52. The van der Waals surface area contributed by atoms with Gasteiger partial charge in [0, 0.05) is 6.42 Å². The maximum atomic E-state index is 11.2. The fourth-order valence-electron chi connectivity index (χ4n) is 1.31. The van der Waals surface area contributed by atoms with E-state index in [1.807, 2.05) is 6.92 Å². The first-order valence-corrected chi connectivity index (χ1v) is 4.11. The summed E-state index contributed by atoms with van der Waals surface area (Å²) in [6, 6.07) is -0.433. The van der Waals surface area contributed by atoms with Gasteiger partial charge in [-0.1, -0.05) is 6.92 Å². The lowest BCUT2D eigenvalue weighted by atomic mass is 10.0. The van der Waals surface area contributed by atoms with E-state index in [4.69, 9.17) is 4.74 Å². The van der Waals surface area contributed by atoms with Gasteiger partial charge >= 0.3 is 5.97 Å². The van der Waals surface area contributed by atoms with Crippen LogP contribution < -0.4 is 5.32 Å². The van der Waals surface area contributed by atoms with Crippen molar-refractivity contribution in [3.05, 3.63) is 0 Å². The van der Waals surface area contributed by atoms with E-state index in [2.05, 4.69) is 5.32 Å². The molecule has 12 heavy (non-hydrogen) atoms. The van der Waals surface area contributed by atoms with Gasteiger partial charge in [-0.2, -0.15) is 0 Å². The number of hydrogen-bond donors (Lipinski definition) is 1. The van der Waals surface area contributed by atoms with Gasteiger partial charge in [0.05, 0.1) is 6.61 Å². The van der Waals surface area contributed by atoms with E-state index in [9.17, 15) is 9.59 Å². The van der Waals surface area contributed by atoms with E-state index >= 15 is 0 Å². The van der Waals surface area contributed by atoms with Crippen molar-refractivity contribution in [2.24, 2.45) is 5.92 Å². The van der Waals surface area contributed by atoms with Gasteiger partial charge in [0.25, 0.3) is 0 Å². The van der Waals surface area contributed by atoms with Crippen LogP contribution in [0.4, 0.5) is 0 Å². The van der Waals surface area contributed by atoms with Gasteiger partial charge in [-0.05, 0) is 12.8 Å². The highest BCUT2D eigenvalue weighted by atomic mass is 16.5. The lowest BCUT2D eigenvalue weighted by Crippen LogP contribution is -2.37. The summed E-state index contributed by atoms with van der Waals surface area (Å²) in [6.45, 7) is 3.97. The second-order valence-corrected chi connectivity index (χ2v) is 2.98. The van der Waals surface area contributed by atoms with Crippen LogP contribution in [0.15, 0.2) is 0 Å². The molecule has 0 saturated carbocycles. The predicted octanol–water partition coefficient (Wildman–Crippen LogP) is 0.0741. The normalized spacial score (nSPS) is 28.3. The van der Waals surface area contributed by atoms with Crippen molar-refractivity contribution in [1.82, 2.24) is 5.32 Å². The third kappa shape index (κ3) is 1.75. The maximum absolute atomic E-state index is 11.2. The van der Waals surface area contributed by atoms with Crippen LogP contribution in [-0.2, 0) is 14.3 Å². The minimum absolute atomic E-state index is 0.0524. The number of rotatable bonds is 2. The summed E-state index contributed by atoms with van der Waals surface area (Å²) in [5, 5.41) is 2.57. The maximum Gasteiger partial charge on any atom is 0.328 e. The van der Waals surface area contributed by atoms with E-state index < -0.39 is 6.04 Å². The van der Waals surface area contributed by atoms with Crippen molar-refractivity contribution in [3.63, 3.8) is 0 Å². The summed E-state index contributed by atoms with van der Waals surface area (Å²) < 4.78 is 4.79. The van der Waals surface area contributed by atoms with Crippen LogP contribution >= 0.6 is 0 Å². The molecule has 0 radical (unpaired) electrons. The summed E-state index contributed by atoms with van der Waals surface area (Å²) in [7, 11) is 0. The minimum atomic E-state index is -0.433. The fourth-order valence-corrected chi connectivity index (χ4v) is 1.31. The van der Waals surface area contributed by atoms with E-state index in [1.165, 1.54) is 0 Å². The van der Waals surface area contributed by atoms with Gasteiger partial charge in [0.1, 0.15) is 6.04 Å². The Morgan fingerprint density at radius 1 is 1.75 bits per heavy atom. The van der Waals surface area contributed by atoms with Crippen LogP contribution in [-0.4, -0.2) is 24.5 Å². The number of amides is 1. The van der Waals surface area contributed by atoms with Crippen molar-refractivity contribution >= 4 is 11.9 Å². The Bertz CT molecular complexity index is 202. The largest absolute Gasteiger partial charge is 0.464 e. The third-order valence-electron chi connectivity index (χ3n) is 1.93. The summed E-state index contributed by atoms with van der Waals surface area (Å²) >= 11 is 0. The highest BCUT2D eigenvalue weighted by Crippen LogP contribution is 2.16. The van der Waals surface area contributed by atoms with Gasteiger partial charge < -0.3 is 10.1 Å². The molecule has 1 rings (SSSR count). The summed E-state index contributed by atoms with van der Waals surface area (Å²) in [5.41, 5.74) is 0. The molecule has 0 aromatic heterocycles. The van der Waals surface area contributed by atoms with Crippen LogP contribution in [0.1, 0.15) is 20.3 Å². The lowest BCUT2D eigenvalue weighted by Gasteiger charge is -2.12. The summed E-state index contributed by atoms with van der Waals surface area (Å²) in [6.07, 6.45) is 0.420. The number of ether oxygens (including phenoxy) is 1. The zero-order chi connectivity index (χ0) is 9.14. The van der Waals surface area contributed by atoms with Crippen LogP contribution in [0.3, 0.4) is 0 Å². The Morgan fingerprint density at radius 2 is 2.42 bits per heavy atom. The van der Waals surface area contributed by atoms with Gasteiger partial charge in [-0.3, -0.25) is 4.79 Å². The average Bonchev–Trinajstić information content (AvgIpc) is 2.30. The minimum Gasteiger partial charge on any atom is -0.464 e. The zero-order valence-electron chi connectivity index (χ0n) is 7.29. The Hall–Kier alpha value is -1.06. The monoisotopic (exact) mass is 171 g/mol. The predicted molar refractivity (Wildman–Crippen MR) is 42.3 cm³/mol. The summed E-state index contributed by atoms with van der Waals surface area (Å²) in [5.74, 6) is -0.340. The van der Waals surface area contributed by atoms with E-state index in [0.29, 0.717) is 13.0 Å². The van der Waals surface area contributed by atoms with Crippen molar-refractivity contribution in [1.29, 1.82) is 0 Å². The molecule has 0 bridgehead atoms. The third-order valence-corrected chi connectivity index (χ3v) is 1.93. The lowest BCUT2D eigenvalue weighted by molar-refractivity contribution is -0.146. The molecule has 1 heterocycles. The summed E-state index contributed by atoms with van der Waals surface area (Å²) in [4.78, 5) is 22.0. The first-order chi connectivity index (χ1) is 5.65. The highest BCUT2D eigenvalue weighted by molar-refractivity contribution is 5.88. The van der Waals surface area contributed by atoms with Gasteiger partial charge in [-0.25, -0.2) is 4.79 Å². The first-order valence-electron chi connectivity index (χ1n) is 4.11. The topological polar surface area (TPSA) is 55.4 Å². The van der Waals surface area contributed by atoms with E-state index in [-0.39, 0.29) is 17.8 Å². The second-order valence-electron chi connectivity index (χ2n) is 2.98. The zero-order valence-corrected chi connectivity index (χ0v) is 7.29. The fraction of sp³-hybridized carbons (Fsp3) is 0.750. The molecule has 4 nitrogen and oxygen atoms in total. The average molecular weight is 171 g/mol. The standard InChI is InChI=1S/C8H13NO3/c1-3-12-8(11)7-5(2)4-6(10)9-7/h5,7H,3-4H2,1-2H3,(H,9,10)/t5-,7-/m0/s1. The van der Waals surface area contributed by atoms with Crippen molar-refractivity contribution in [2.75, 3.05) is 6.61 Å². The SMILES string of the molecule is CCOC(=O)[C@H]1NC(=O)C[C@@H]1C. The van der Waals surface area contributed by atoms with Crippen molar-refractivity contribution in [3.8, 4) is 0 Å². The van der Waals surface area contributed by atoms with Crippen LogP contribution in [0.5, 0.6) is 0 Å². The molecule has 68 valence electrons. The molecule has 0 aromatic rings. The molecule has 1 N–H and O–H groups in total. The number of esters is 1. The van der Waals surface area contributed by atoms with Crippen LogP contribution in [0.2, 0.25) is 0 Å². The molecule has 1 amide bonds. The quantitative estimate of drug-likeness (QED) is 0.598. The number of carbonyl (C=O) groups is 2. The molecule has 2 atom stereocenters. The molecule has 1 fully saturated rings. The molecule has 0 aliphatic carbocycles. The molecular formula is C8H13NO3. The number of carbonyl (C=O) groups excluding carboxylic acids is 2. The molecular weight excluding hydrogens is 158 g/mol. The van der Waals surface area contributed by atoms with Crippen LogP contribution in [0.25, 0.3) is 0 Å². The highest BCUT2D eigenvalue weighted by Gasteiger charge is 2.35. The smallest absolute Gasteiger partial charge is 0.328 e. The Kier molecular flexibility index (Phi) is 2.68. The van der Waals surface area contributed by atoms with Gasteiger partial charge in [0.15, 0.2) is 0 Å². The number of hydrogen-bond acceptors (Lipinski definition) is 3. The van der Waals surface area contributed by atoms with Crippen molar-refractivity contribution < 1.29 is 14.3 Å². The second kappa shape index (κ2) is 3.56. The van der Waals surface area contributed by atoms with E-state index in [1.54, 1.807) is 6.92 Å². The molecule has 4 heteroatoms. The first kappa shape index (κ1) is 9.03. The molecule has 0 unspecified atom stereocenters. The van der Waals surface area contributed by atoms with Gasteiger partial charge in [-0.15, -0.1) is 0 Å². The van der Waals surface area contributed by atoms with Gasteiger partial charge in [0.2, 0.25) is 5.91 Å². The molecule has 0 aromatic carbocycles. The van der Waals surface area contributed by atoms with E-state index in [0.717, 1.165) is 0 Å². The Labute approximate surface area is 71.3 Å². The Morgan fingerprint density at radius 3 is 2.83 bits per heavy atom. The number of nitrogens with one attached hydrogen (secondary N) is 1. The molecule has 0 spiro atoms.